The lowest BCUT2D eigenvalue weighted by molar-refractivity contribution is -0.119. The normalized spacial score (nSPS) is 26.8. The van der Waals surface area contributed by atoms with Crippen molar-refractivity contribution < 1.29 is 9.53 Å². The first kappa shape index (κ1) is 21.4. The number of carbonyl (C=O) groups is 1. The molecule has 1 aromatic carbocycles. The molecule has 0 radical (unpaired) electrons. The third kappa shape index (κ3) is 5.17. The van der Waals surface area contributed by atoms with Crippen molar-refractivity contribution in [1.82, 2.24) is 10.6 Å². The molecule has 2 bridgehead atoms. The van der Waals surface area contributed by atoms with Gasteiger partial charge in [-0.15, -0.1) is 24.0 Å². The molecule has 0 aromatic heterocycles. The van der Waals surface area contributed by atoms with Gasteiger partial charge in [-0.2, -0.15) is 0 Å². The summed E-state index contributed by atoms with van der Waals surface area (Å²) in [4.78, 5) is 16.7. The molecule has 6 nitrogen and oxygen atoms in total. The topological polar surface area (TPSA) is 74.8 Å². The smallest absolute Gasteiger partial charge is 0.227 e. The van der Waals surface area contributed by atoms with E-state index in [9.17, 15) is 4.79 Å². The molecule has 7 heteroatoms. The van der Waals surface area contributed by atoms with Gasteiger partial charge in [0, 0.05) is 25.2 Å². The van der Waals surface area contributed by atoms with Gasteiger partial charge in [0.1, 0.15) is 0 Å². The number of hydrogen-bond donors (Lipinski definition) is 3. The predicted molar refractivity (Wildman–Crippen MR) is 122 cm³/mol. The summed E-state index contributed by atoms with van der Waals surface area (Å²) in [5.41, 5.74) is 1.99. The number of anilines is 1. The minimum absolute atomic E-state index is 0. The summed E-state index contributed by atoms with van der Waals surface area (Å²) in [6.45, 7) is 0.661. The van der Waals surface area contributed by atoms with Gasteiger partial charge in [0.2, 0.25) is 5.91 Å². The van der Waals surface area contributed by atoms with Gasteiger partial charge >= 0.3 is 0 Å². The highest BCUT2D eigenvalue weighted by Crippen LogP contribution is 2.34. The number of benzene rings is 1. The van der Waals surface area contributed by atoms with E-state index >= 15 is 0 Å². The van der Waals surface area contributed by atoms with Crippen LogP contribution in [0.2, 0.25) is 0 Å². The monoisotopic (exact) mass is 498 g/mol. The van der Waals surface area contributed by atoms with Crippen LogP contribution < -0.4 is 16.0 Å². The fourth-order valence-electron chi connectivity index (χ4n) is 4.54. The molecule has 2 aliphatic heterocycles. The molecule has 1 aromatic rings. The lowest BCUT2D eigenvalue weighted by Crippen LogP contribution is -2.47. The second-order valence-corrected chi connectivity index (χ2v) is 7.96. The summed E-state index contributed by atoms with van der Waals surface area (Å²) in [6.07, 6.45) is 8.51. The zero-order valence-corrected chi connectivity index (χ0v) is 18.8. The number of amides is 1. The molecule has 1 saturated carbocycles. The summed E-state index contributed by atoms with van der Waals surface area (Å²) in [6, 6.07) is 8.39. The van der Waals surface area contributed by atoms with Crippen molar-refractivity contribution in [2.24, 2.45) is 10.9 Å². The van der Waals surface area contributed by atoms with Crippen LogP contribution in [0, 0.1) is 5.92 Å². The Hall–Kier alpha value is -1.35. The van der Waals surface area contributed by atoms with Crippen molar-refractivity contribution in [3.05, 3.63) is 29.8 Å². The van der Waals surface area contributed by atoms with Crippen molar-refractivity contribution >= 4 is 41.5 Å². The zero-order chi connectivity index (χ0) is 18.6. The van der Waals surface area contributed by atoms with Gasteiger partial charge in [-0.3, -0.25) is 9.79 Å². The van der Waals surface area contributed by atoms with Crippen LogP contribution in [-0.4, -0.2) is 37.2 Å². The van der Waals surface area contributed by atoms with Crippen LogP contribution in [0.1, 0.15) is 50.5 Å². The average Bonchev–Trinajstić information content (AvgIpc) is 3.43. The summed E-state index contributed by atoms with van der Waals surface area (Å²) in [7, 11) is 1.79. The minimum atomic E-state index is 0. The van der Waals surface area contributed by atoms with Crippen molar-refractivity contribution in [2.75, 3.05) is 12.4 Å². The number of fused-ring (bicyclic) bond motifs is 2. The molecule has 3 N–H and O–H groups in total. The van der Waals surface area contributed by atoms with Crippen molar-refractivity contribution in [2.45, 2.75) is 69.7 Å². The largest absolute Gasteiger partial charge is 0.373 e. The Labute approximate surface area is 184 Å². The number of halogens is 1. The molecular formula is C21H31IN4O2. The van der Waals surface area contributed by atoms with Crippen LogP contribution in [0.25, 0.3) is 0 Å². The molecule has 3 atom stereocenters. The van der Waals surface area contributed by atoms with E-state index in [-0.39, 0.29) is 35.8 Å². The molecule has 3 unspecified atom stereocenters. The second-order valence-electron chi connectivity index (χ2n) is 7.96. The van der Waals surface area contributed by atoms with E-state index in [0.717, 1.165) is 42.9 Å². The summed E-state index contributed by atoms with van der Waals surface area (Å²) >= 11 is 0. The molecule has 2 saturated heterocycles. The number of nitrogens with one attached hydrogen (secondary N) is 3. The van der Waals surface area contributed by atoms with E-state index in [1.807, 2.05) is 18.2 Å². The zero-order valence-electron chi connectivity index (χ0n) is 16.4. The van der Waals surface area contributed by atoms with E-state index in [1.165, 1.54) is 19.3 Å². The maximum Gasteiger partial charge on any atom is 0.227 e. The Morgan fingerprint density at radius 2 is 2.04 bits per heavy atom. The van der Waals surface area contributed by atoms with E-state index in [0.29, 0.717) is 24.8 Å². The number of hydrogen-bond acceptors (Lipinski definition) is 3. The quantitative estimate of drug-likeness (QED) is 0.331. The maximum absolute atomic E-state index is 12.3. The number of carbonyl (C=O) groups excluding carboxylic acids is 1. The number of aliphatic imine (C=N–C) groups is 1. The first-order chi connectivity index (χ1) is 13.2. The van der Waals surface area contributed by atoms with Crippen LogP contribution in [-0.2, 0) is 16.1 Å². The average molecular weight is 498 g/mol. The van der Waals surface area contributed by atoms with Gasteiger partial charge in [0.15, 0.2) is 5.96 Å². The molecule has 3 fully saturated rings. The molecule has 0 spiro atoms. The first-order valence-corrected chi connectivity index (χ1v) is 10.2. The molecule has 1 aliphatic carbocycles. The minimum Gasteiger partial charge on any atom is -0.373 e. The fourth-order valence-corrected chi connectivity index (χ4v) is 4.54. The third-order valence-corrected chi connectivity index (χ3v) is 6.03. The number of guanidine groups is 1. The van der Waals surface area contributed by atoms with Crippen LogP contribution in [0.5, 0.6) is 0 Å². The Bertz CT molecular complexity index is 705. The molecule has 3 aliphatic rings. The fraction of sp³-hybridized carbons (Fsp3) is 0.619. The third-order valence-electron chi connectivity index (χ3n) is 6.03. The highest BCUT2D eigenvalue weighted by Gasteiger charge is 2.41. The van der Waals surface area contributed by atoms with Crippen LogP contribution in [0.15, 0.2) is 29.3 Å². The highest BCUT2D eigenvalue weighted by atomic mass is 127. The van der Waals surface area contributed by atoms with Gasteiger partial charge in [0.25, 0.3) is 0 Å². The van der Waals surface area contributed by atoms with Gasteiger partial charge in [-0.05, 0) is 49.8 Å². The van der Waals surface area contributed by atoms with Gasteiger partial charge in [0.05, 0.1) is 18.2 Å². The van der Waals surface area contributed by atoms with Gasteiger partial charge in [-0.1, -0.05) is 25.0 Å². The van der Waals surface area contributed by atoms with Gasteiger partial charge in [-0.25, -0.2) is 0 Å². The number of ether oxygens (including phenoxy) is 1. The van der Waals surface area contributed by atoms with Crippen LogP contribution in [0.3, 0.4) is 0 Å². The van der Waals surface area contributed by atoms with Crippen LogP contribution >= 0.6 is 24.0 Å². The SMILES string of the molecule is CN=C(NCc1cccc(NC(=O)C2CCCC2)c1)NC1CC2CCC1O2.I. The number of rotatable bonds is 5. The number of nitrogens with zero attached hydrogens (tertiary/aromatic N) is 1. The van der Waals surface area contributed by atoms with Crippen molar-refractivity contribution in [3.63, 3.8) is 0 Å². The lowest BCUT2D eigenvalue weighted by Gasteiger charge is -2.22. The molecule has 2 heterocycles. The van der Waals surface area contributed by atoms with E-state index in [2.05, 4.69) is 27.0 Å². The summed E-state index contributed by atoms with van der Waals surface area (Å²) in [5.74, 6) is 1.14. The Balaban J connectivity index is 0.00000225. The summed E-state index contributed by atoms with van der Waals surface area (Å²) in [5, 5.41) is 9.95. The van der Waals surface area contributed by atoms with Gasteiger partial charge < -0.3 is 20.7 Å². The van der Waals surface area contributed by atoms with E-state index < -0.39 is 0 Å². The van der Waals surface area contributed by atoms with E-state index in [1.54, 1.807) is 7.05 Å². The maximum atomic E-state index is 12.3. The predicted octanol–water partition coefficient (Wildman–Crippen LogP) is 3.42. The molecular weight excluding hydrogens is 467 g/mol. The highest BCUT2D eigenvalue weighted by molar-refractivity contribution is 14.0. The standard InChI is InChI=1S/C21H30N4O2.HI/c1-22-21(25-18-12-17-9-10-19(18)27-17)23-13-14-5-4-8-16(11-14)24-20(26)15-6-2-3-7-15;/h4-5,8,11,15,17-19H,2-3,6-7,9-10,12-13H2,1H3,(H,24,26)(H2,22,23,25);1H. The lowest BCUT2D eigenvalue weighted by atomic mass is 9.96. The van der Waals surface area contributed by atoms with E-state index in [4.69, 9.17) is 4.74 Å². The molecule has 154 valence electrons. The first-order valence-electron chi connectivity index (χ1n) is 10.2. The molecule has 28 heavy (non-hydrogen) atoms. The Kier molecular flexibility index (Phi) is 7.56. The molecule has 4 rings (SSSR count). The summed E-state index contributed by atoms with van der Waals surface area (Å²) < 4.78 is 5.90. The Morgan fingerprint density at radius 1 is 1.21 bits per heavy atom. The van der Waals surface area contributed by atoms with Crippen LogP contribution in [0.4, 0.5) is 5.69 Å². The second kappa shape index (κ2) is 9.91. The Morgan fingerprint density at radius 3 is 2.71 bits per heavy atom. The van der Waals surface area contributed by atoms with Crippen molar-refractivity contribution in [1.29, 1.82) is 0 Å². The molecule has 1 amide bonds. The van der Waals surface area contributed by atoms with Crippen molar-refractivity contribution in [3.8, 4) is 0 Å².